The van der Waals surface area contributed by atoms with Crippen LogP contribution in [-0.2, 0) is 9.47 Å². The van der Waals surface area contributed by atoms with Crippen LogP contribution in [0.2, 0.25) is 0 Å². The van der Waals surface area contributed by atoms with Gasteiger partial charge >= 0.3 is 0 Å². The summed E-state index contributed by atoms with van der Waals surface area (Å²) in [6.45, 7) is 4.30. The highest BCUT2D eigenvalue weighted by molar-refractivity contribution is 4.92. The fourth-order valence-corrected chi connectivity index (χ4v) is 2.47. The minimum atomic E-state index is 0.0264. The summed E-state index contributed by atoms with van der Waals surface area (Å²) < 4.78 is 11.3. The van der Waals surface area contributed by atoms with E-state index in [0.29, 0.717) is 6.04 Å². The highest BCUT2D eigenvalue weighted by Gasteiger charge is 2.40. The summed E-state index contributed by atoms with van der Waals surface area (Å²) >= 11 is 0. The first kappa shape index (κ1) is 11.3. The predicted octanol–water partition coefficient (Wildman–Crippen LogP) is 0.263. The van der Waals surface area contributed by atoms with E-state index in [0.717, 1.165) is 58.6 Å². The van der Waals surface area contributed by atoms with Gasteiger partial charge in [-0.3, -0.25) is 0 Å². The molecule has 15 heavy (non-hydrogen) atoms. The second-order valence-corrected chi connectivity index (χ2v) is 4.62. The van der Waals surface area contributed by atoms with Crippen molar-refractivity contribution >= 4 is 0 Å². The maximum atomic E-state index is 5.87. The largest absolute Gasteiger partial charge is 0.378 e. The summed E-state index contributed by atoms with van der Waals surface area (Å²) in [6, 6.07) is 0.590. The second-order valence-electron chi connectivity index (χ2n) is 4.62. The molecule has 2 saturated heterocycles. The molecule has 0 aromatic carbocycles. The molecule has 0 saturated carbocycles. The molecule has 2 unspecified atom stereocenters. The van der Waals surface area contributed by atoms with E-state index in [9.17, 15) is 0 Å². The molecule has 0 bridgehead atoms. The van der Waals surface area contributed by atoms with Gasteiger partial charge in [-0.15, -0.1) is 0 Å². The van der Waals surface area contributed by atoms with E-state index in [2.05, 4.69) is 5.32 Å². The minimum absolute atomic E-state index is 0.0264. The molecule has 2 rings (SSSR count). The van der Waals surface area contributed by atoms with E-state index in [1.54, 1.807) is 0 Å². The summed E-state index contributed by atoms with van der Waals surface area (Å²) in [5.74, 6) is 0. The molecule has 2 aliphatic heterocycles. The average molecular weight is 214 g/mol. The Bertz CT molecular complexity index is 193. The van der Waals surface area contributed by atoms with Crippen molar-refractivity contribution in [2.75, 3.05) is 32.9 Å². The number of nitrogens with one attached hydrogen (secondary N) is 1. The quantitative estimate of drug-likeness (QED) is 0.659. The summed E-state index contributed by atoms with van der Waals surface area (Å²) in [4.78, 5) is 0. The van der Waals surface area contributed by atoms with Crippen molar-refractivity contribution in [3.63, 3.8) is 0 Å². The Balaban J connectivity index is 1.76. The molecule has 4 heteroatoms. The first-order valence-corrected chi connectivity index (χ1v) is 6.00. The average Bonchev–Trinajstić information content (AvgIpc) is 2.67. The van der Waals surface area contributed by atoms with E-state index in [1.165, 1.54) is 0 Å². The van der Waals surface area contributed by atoms with Gasteiger partial charge in [-0.05, 0) is 32.4 Å². The molecular formula is C11H22N2O2. The lowest BCUT2D eigenvalue weighted by Crippen LogP contribution is -2.47. The zero-order valence-electron chi connectivity index (χ0n) is 9.34. The van der Waals surface area contributed by atoms with Crippen molar-refractivity contribution in [3.05, 3.63) is 0 Å². The standard InChI is InChI=1S/C11H22N2O2/c12-4-1-5-13-10-2-6-15-11(8-10)3-7-14-9-11/h10,13H,1-9,12H2. The van der Waals surface area contributed by atoms with Crippen LogP contribution in [-0.4, -0.2) is 44.6 Å². The van der Waals surface area contributed by atoms with Crippen LogP contribution in [0.4, 0.5) is 0 Å². The van der Waals surface area contributed by atoms with Gasteiger partial charge in [0, 0.05) is 25.7 Å². The van der Waals surface area contributed by atoms with Gasteiger partial charge in [0.25, 0.3) is 0 Å². The number of rotatable bonds is 4. The molecular weight excluding hydrogens is 192 g/mol. The molecule has 0 aliphatic carbocycles. The topological polar surface area (TPSA) is 56.5 Å². The highest BCUT2D eigenvalue weighted by atomic mass is 16.6. The molecule has 2 atom stereocenters. The number of ether oxygens (including phenoxy) is 2. The molecule has 0 amide bonds. The van der Waals surface area contributed by atoms with Crippen molar-refractivity contribution in [2.45, 2.75) is 37.3 Å². The smallest absolute Gasteiger partial charge is 0.0951 e. The summed E-state index contributed by atoms with van der Waals surface area (Å²) in [5.41, 5.74) is 5.50. The normalized spacial score (nSPS) is 36.2. The Labute approximate surface area is 91.5 Å². The Hall–Kier alpha value is -0.160. The van der Waals surface area contributed by atoms with Gasteiger partial charge < -0.3 is 20.5 Å². The lowest BCUT2D eigenvalue weighted by molar-refractivity contribution is -0.0892. The molecule has 2 aliphatic rings. The maximum Gasteiger partial charge on any atom is 0.0951 e. The van der Waals surface area contributed by atoms with E-state index in [1.807, 2.05) is 0 Å². The SMILES string of the molecule is NCCCNC1CCOC2(CCOC2)C1. The van der Waals surface area contributed by atoms with Gasteiger partial charge in [0.05, 0.1) is 12.2 Å². The van der Waals surface area contributed by atoms with Crippen molar-refractivity contribution < 1.29 is 9.47 Å². The van der Waals surface area contributed by atoms with Crippen molar-refractivity contribution in [2.24, 2.45) is 5.73 Å². The lowest BCUT2D eigenvalue weighted by atomic mass is 9.89. The Kier molecular flexibility index (Phi) is 3.97. The summed E-state index contributed by atoms with van der Waals surface area (Å²) in [5, 5.41) is 3.56. The van der Waals surface area contributed by atoms with E-state index < -0.39 is 0 Å². The van der Waals surface area contributed by atoms with Crippen LogP contribution in [0, 0.1) is 0 Å². The van der Waals surface area contributed by atoms with Crippen LogP contribution in [0.15, 0.2) is 0 Å². The zero-order chi connectivity index (χ0) is 10.6. The lowest BCUT2D eigenvalue weighted by Gasteiger charge is -2.37. The fourth-order valence-electron chi connectivity index (χ4n) is 2.47. The Morgan fingerprint density at radius 2 is 2.33 bits per heavy atom. The molecule has 2 fully saturated rings. The van der Waals surface area contributed by atoms with Crippen LogP contribution >= 0.6 is 0 Å². The summed E-state index contributed by atoms with van der Waals surface area (Å²) in [6.07, 6.45) is 4.33. The van der Waals surface area contributed by atoms with Crippen LogP contribution in [0.25, 0.3) is 0 Å². The number of nitrogens with two attached hydrogens (primary N) is 1. The first-order valence-electron chi connectivity index (χ1n) is 6.00. The van der Waals surface area contributed by atoms with Crippen LogP contribution < -0.4 is 11.1 Å². The minimum Gasteiger partial charge on any atom is -0.378 e. The first-order chi connectivity index (χ1) is 7.35. The van der Waals surface area contributed by atoms with Gasteiger partial charge in [-0.1, -0.05) is 0 Å². The Morgan fingerprint density at radius 3 is 3.07 bits per heavy atom. The molecule has 3 N–H and O–H groups in total. The van der Waals surface area contributed by atoms with E-state index in [4.69, 9.17) is 15.2 Å². The second kappa shape index (κ2) is 5.25. The fraction of sp³-hybridized carbons (Fsp3) is 1.00. The van der Waals surface area contributed by atoms with Crippen LogP contribution in [0.5, 0.6) is 0 Å². The van der Waals surface area contributed by atoms with Gasteiger partial charge in [0.1, 0.15) is 0 Å². The zero-order valence-corrected chi connectivity index (χ0v) is 9.34. The molecule has 4 nitrogen and oxygen atoms in total. The molecule has 0 aromatic rings. The molecule has 88 valence electrons. The van der Waals surface area contributed by atoms with Crippen molar-refractivity contribution in [3.8, 4) is 0 Å². The molecule has 1 spiro atoms. The van der Waals surface area contributed by atoms with E-state index >= 15 is 0 Å². The highest BCUT2D eigenvalue weighted by Crippen LogP contribution is 2.32. The van der Waals surface area contributed by atoms with Gasteiger partial charge in [0.2, 0.25) is 0 Å². The maximum absolute atomic E-state index is 5.87. The third kappa shape index (κ3) is 2.91. The van der Waals surface area contributed by atoms with Crippen molar-refractivity contribution in [1.29, 1.82) is 0 Å². The predicted molar refractivity (Wildman–Crippen MR) is 58.8 cm³/mol. The number of hydrogen-bond donors (Lipinski definition) is 2. The molecule has 2 heterocycles. The van der Waals surface area contributed by atoms with Gasteiger partial charge in [-0.2, -0.15) is 0 Å². The van der Waals surface area contributed by atoms with Gasteiger partial charge in [0.15, 0.2) is 0 Å². The third-order valence-electron chi connectivity index (χ3n) is 3.37. The van der Waals surface area contributed by atoms with Gasteiger partial charge in [-0.25, -0.2) is 0 Å². The number of hydrogen-bond acceptors (Lipinski definition) is 4. The summed E-state index contributed by atoms with van der Waals surface area (Å²) in [7, 11) is 0. The van der Waals surface area contributed by atoms with E-state index in [-0.39, 0.29) is 5.60 Å². The third-order valence-corrected chi connectivity index (χ3v) is 3.37. The van der Waals surface area contributed by atoms with Crippen LogP contribution in [0.3, 0.4) is 0 Å². The molecule has 0 aromatic heterocycles. The van der Waals surface area contributed by atoms with Crippen molar-refractivity contribution in [1.82, 2.24) is 5.32 Å². The molecule has 0 radical (unpaired) electrons. The van der Waals surface area contributed by atoms with Crippen LogP contribution in [0.1, 0.15) is 25.7 Å². The Morgan fingerprint density at radius 1 is 1.40 bits per heavy atom. The monoisotopic (exact) mass is 214 g/mol.